The summed E-state index contributed by atoms with van der Waals surface area (Å²) >= 11 is 5.42. The molecule has 0 radical (unpaired) electrons. The van der Waals surface area contributed by atoms with Crippen molar-refractivity contribution < 1.29 is 9.47 Å². The highest BCUT2D eigenvalue weighted by Crippen LogP contribution is 1.83. The number of ether oxygens (including phenoxy) is 2. The van der Waals surface area contributed by atoms with E-state index in [9.17, 15) is 0 Å². The highest BCUT2D eigenvalue weighted by Gasteiger charge is 1.96. The molecule has 0 aromatic rings. The molecule has 1 atom stereocenters. The zero-order valence-electron chi connectivity index (χ0n) is 7.81. The van der Waals surface area contributed by atoms with Gasteiger partial charge in [-0.15, -0.1) is 11.6 Å². The van der Waals surface area contributed by atoms with Gasteiger partial charge in [0.2, 0.25) is 0 Å². The third-order valence-electron chi connectivity index (χ3n) is 1.48. The molecule has 0 rings (SSSR count). The van der Waals surface area contributed by atoms with Crippen LogP contribution in [-0.2, 0) is 9.47 Å². The lowest BCUT2D eigenvalue weighted by Gasteiger charge is -2.10. The summed E-state index contributed by atoms with van der Waals surface area (Å²) < 4.78 is 10.2. The first-order valence-corrected chi connectivity index (χ1v) is 4.72. The summed E-state index contributed by atoms with van der Waals surface area (Å²) in [5.74, 6) is 0.564. The van der Waals surface area contributed by atoms with Crippen LogP contribution in [0.3, 0.4) is 0 Å². The first-order chi connectivity index (χ1) is 5.81. The second kappa shape index (κ2) is 9.26. The lowest BCUT2D eigenvalue weighted by Crippen LogP contribution is -2.29. The number of rotatable bonds is 8. The largest absolute Gasteiger partial charge is 0.380 e. The van der Waals surface area contributed by atoms with Crippen molar-refractivity contribution in [1.82, 2.24) is 5.32 Å². The zero-order valence-corrected chi connectivity index (χ0v) is 8.56. The van der Waals surface area contributed by atoms with Crippen LogP contribution in [0.25, 0.3) is 0 Å². The maximum atomic E-state index is 5.42. The van der Waals surface area contributed by atoms with Crippen molar-refractivity contribution in [1.29, 1.82) is 0 Å². The highest BCUT2D eigenvalue weighted by atomic mass is 35.5. The summed E-state index contributed by atoms with van der Waals surface area (Å²) in [7, 11) is 1.70. The Balaban J connectivity index is 2.90. The van der Waals surface area contributed by atoms with Gasteiger partial charge in [-0.05, 0) is 6.92 Å². The standard InChI is InChI=1S/C8H18ClNO2/c1-8(11-2)7-10-4-6-12-5-3-9/h8,10H,3-7H2,1-2H3. The van der Waals surface area contributed by atoms with E-state index in [0.717, 1.165) is 13.1 Å². The zero-order chi connectivity index (χ0) is 9.23. The van der Waals surface area contributed by atoms with E-state index in [0.29, 0.717) is 19.1 Å². The average Bonchev–Trinajstić information content (AvgIpc) is 2.10. The van der Waals surface area contributed by atoms with E-state index in [4.69, 9.17) is 21.1 Å². The van der Waals surface area contributed by atoms with E-state index in [2.05, 4.69) is 5.32 Å². The topological polar surface area (TPSA) is 30.5 Å². The van der Waals surface area contributed by atoms with Crippen molar-refractivity contribution in [2.45, 2.75) is 13.0 Å². The fourth-order valence-electron chi connectivity index (χ4n) is 0.690. The molecule has 0 aromatic carbocycles. The summed E-state index contributed by atoms with van der Waals surface area (Å²) in [6.45, 7) is 5.07. The van der Waals surface area contributed by atoms with E-state index >= 15 is 0 Å². The minimum absolute atomic E-state index is 0.262. The van der Waals surface area contributed by atoms with Crippen LogP contribution in [0.15, 0.2) is 0 Å². The fourth-order valence-corrected chi connectivity index (χ4v) is 0.799. The van der Waals surface area contributed by atoms with Crippen LogP contribution in [0.5, 0.6) is 0 Å². The molecule has 4 heteroatoms. The third kappa shape index (κ3) is 8.27. The Morgan fingerprint density at radius 1 is 1.42 bits per heavy atom. The molecule has 0 amide bonds. The maximum absolute atomic E-state index is 5.42. The van der Waals surface area contributed by atoms with Gasteiger partial charge < -0.3 is 14.8 Å². The number of halogens is 1. The van der Waals surface area contributed by atoms with Gasteiger partial charge in [0, 0.05) is 26.1 Å². The number of alkyl halides is 1. The van der Waals surface area contributed by atoms with Crippen molar-refractivity contribution in [3.05, 3.63) is 0 Å². The summed E-state index contributed by atoms with van der Waals surface area (Å²) in [4.78, 5) is 0. The molecule has 0 spiro atoms. The smallest absolute Gasteiger partial charge is 0.0667 e. The number of hydrogen-bond acceptors (Lipinski definition) is 3. The molecule has 1 N–H and O–H groups in total. The number of hydrogen-bond donors (Lipinski definition) is 1. The van der Waals surface area contributed by atoms with Crippen LogP contribution < -0.4 is 5.32 Å². The van der Waals surface area contributed by atoms with E-state index < -0.39 is 0 Å². The van der Waals surface area contributed by atoms with E-state index in [1.54, 1.807) is 7.11 Å². The molecule has 12 heavy (non-hydrogen) atoms. The van der Waals surface area contributed by atoms with Gasteiger partial charge >= 0.3 is 0 Å². The number of methoxy groups -OCH3 is 1. The molecule has 0 aromatic heterocycles. The molecular weight excluding hydrogens is 178 g/mol. The molecular formula is C8H18ClNO2. The summed E-state index contributed by atoms with van der Waals surface area (Å²) in [6, 6.07) is 0. The Hall–Kier alpha value is 0.170. The minimum atomic E-state index is 0.262. The first kappa shape index (κ1) is 12.2. The quantitative estimate of drug-likeness (QED) is 0.461. The molecule has 1 unspecified atom stereocenters. The second-order valence-corrected chi connectivity index (χ2v) is 2.93. The molecule has 0 aliphatic heterocycles. The predicted octanol–water partition coefficient (Wildman–Crippen LogP) is 0.866. The molecule has 0 heterocycles. The van der Waals surface area contributed by atoms with Crippen molar-refractivity contribution in [2.75, 3.05) is 39.3 Å². The SMILES string of the molecule is COC(C)CNCCOCCCl. The first-order valence-electron chi connectivity index (χ1n) is 4.18. The van der Waals surface area contributed by atoms with Gasteiger partial charge in [-0.25, -0.2) is 0 Å². The molecule has 0 aliphatic carbocycles. The summed E-state index contributed by atoms with van der Waals surface area (Å²) in [5.41, 5.74) is 0. The van der Waals surface area contributed by atoms with Crippen molar-refractivity contribution >= 4 is 11.6 Å². The van der Waals surface area contributed by atoms with E-state index in [-0.39, 0.29) is 6.10 Å². The Morgan fingerprint density at radius 3 is 2.75 bits per heavy atom. The molecule has 0 saturated carbocycles. The van der Waals surface area contributed by atoms with Crippen LogP contribution in [0.2, 0.25) is 0 Å². The Kier molecular flexibility index (Phi) is 9.39. The van der Waals surface area contributed by atoms with Crippen molar-refractivity contribution in [3.8, 4) is 0 Å². The second-order valence-electron chi connectivity index (χ2n) is 2.55. The molecule has 3 nitrogen and oxygen atoms in total. The number of nitrogens with one attached hydrogen (secondary N) is 1. The van der Waals surface area contributed by atoms with Gasteiger partial charge in [-0.2, -0.15) is 0 Å². The van der Waals surface area contributed by atoms with Crippen molar-refractivity contribution in [2.24, 2.45) is 0 Å². The average molecular weight is 196 g/mol. The highest BCUT2D eigenvalue weighted by molar-refractivity contribution is 6.17. The lowest BCUT2D eigenvalue weighted by molar-refractivity contribution is 0.110. The molecule has 0 fully saturated rings. The Labute approximate surface area is 79.4 Å². The van der Waals surface area contributed by atoms with Gasteiger partial charge in [-0.1, -0.05) is 0 Å². The van der Waals surface area contributed by atoms with Crippen LogP contribution in [-0.4, -0.2) is 45.4 Å². The summed E-state index contributed by atoms with van der Waals surface area (Å²) in [6.07, 6.45) is 0.262. The fraction of sp³-hybridized carbons (Fsp3) is 1.00. The Morgan fingerprint density at radius 2 is 2.17 bits per heavy atom. The Bertz CT molecular complexity index is 93.1. The molecule has 74 valence electrons. The van der Waals surface area contributed by atoms with Gasteiger partial charge in [0.25, 0.3) is 0 Å². The summed E-state index contributed by atoms with van der Waals surface area (Å²) in [5, 5.41) is 3.20. The van der Waals surface area contributed by atoms with Crippen LogP contribution in [0.4, 0.5) is 0 Å². The lowest BCUT2D eigenvalue weighted by atomic mass is 10.4. The minimum Gasteiger partial charge on any atom is -0.380 e. The van der Waals surface area contributed by atoms with E-state index in [1.165, 1.54) is 0 Å². The van der Waals surface area contributed by atoms with Crippen LogP contribution >= 0.6 is 11.6 Å². The van der Waals surface area contributed by atoms with Gasteiger partial charge in [0.1, 0.15) is 0 Å². The van der Waals surface area contributed by atoms with Gasteiger partial charge in [0.15, 0.2) is 0 Å². The normalized spacial score (nSPS) is 13.2. The predicted molar refractivity (Wildman–Crippen MR) is 50.9 cm³/mol. The van der Waals surface area contributed by atoms with Crippen LogP contribution in [0.1, 0.15) is 6.92 Å². The van der Waals surface area contributed by atoms with E-state index in [1.807, 2.05) is 6.92 Å². The molecule has 0 bridgehead atoms. The molecule has 0 saturated heterocycles. The van der Waals surface area contributed by atoms with Crippen LogP contribution in [0, 0.1) is 0 Å². The monoisotopic (exact) mass is 195 g/mol. The van der Waals surface area contributed by atoms with Crippen molar-refractivity contribution in [3.63, 3.8) is 0 Å². The van der Waals surface area contributed by atoms with Gasteiger partial charge in [-0.3, -0.25) is 0 Å². The molecule has 0 aliphatic rings. The maximum Gasteiger partial charge on any atom is 0.0667 e. The third-order valence-corrected chi connectivity index (χ3v) is 1.63. The van der Waals surface area contributed by atoms with Gasteiger partial charge in [0.05, 0.1) is 19.3 Å².